The molecule has 21 heavy (non-hydrogen) atoms. The summed E-state index contributed by atoms with van der Waals surface area (Å²) >= 11 is 1.66. The van der Waals surface area contributed by atoms with Gasteiger partial charge in [0.2, 0.25) is 0 Å². The number of rotatable bonds is 8. The van der Waals surface area contributed by atoms with E-state index in [9.17, 15) is 4.79 Å². The van der Waals surface area contributed by atoms with E-state index in [1.807, 2.05) is 36.6 Å². The van der Waals surface area contributed by atoms with Crippen LogP contribution in [-0.4, -0.2) is 35.8 Å². The van der Waals surface area contributed by atoms with E-state index in [0.717, 1.165) is 11.3 Å². The van der Waals surface area contributed by atoms with Gasteiger partial charge in [-0.2, -0.15) is 11.8 Å². The highest BCUT2D eigenvalue weighted by molar-refractivity contribution is 7.98. The molecule has 0 aliphatic rings. The molecule has 0 bridgehead atoms. The van der Waals surface area contributed by atoms with Gasteiger partial charge in [-0.3, -0.25) is 0 Å². The van der Waals surface area contributed by atoms with Gasteiger partial charge in [-0.25, -0.2) is 4.79 Å². The maximum Gasteiger partial charge on any atom is 0.315 e. The minimum Gasteiger partial charge on any atom is -0.396 e. The van der Waals surface area contributed by atoms with Crippen LogP contribution in [0.4, 0.5) is 4.79 Å². The summed E-state index contributed by atoms with van der Waals surface area (Å²) in [6, 6.07) is 9.78. The first-order chi connectivity index (χ1) is 10.1. The van der Waals surface area contributed by atoms with Gasteiger partial charge in [0.05, 0.1) is 6.04 Å². The molecule has 0 saturated heterocycles. The molecule has 0 fully saturated rings. The van der Waals surface area contributed by atoms with Gasteiger partial charge < -0.3 is 15.7 Å². The van der Waals surface area contributed by atoms with Crippen molar-refractivity contribution in [1.29, 1.82) is 0 Å². The van der Waals surface area contributed by atoms with Gasteiger partial charge in [-0.15, -0.1) is 0 Å². The largest absolute Gasteiger partial charge is 0.396 e. The number of carbonyl (C=O) groups is 1. The Morgan fingerprint density at radius 3 is 2.43 bits per heavy atom. The van der Waals surface area contributed by atoms with Crippen LogP contribution in [0.3, 0.4) is 0 Å². The zero-order valence-electron chi connectivity index (χ0n) is 13.0. The minimum atomic E-state index is -0.176. The molecule has 0 aliphatic heterocycles. The third-order valence-electron chi connectivity index (χ3n) is 3.29. The molecule has 118 valence electrons. The Hall–Kier alpha value is -1.20. The number of thioether (sulfide) groups is 1. The molecule has 2 unspecified atom stereocenters. The highest BCUT2D eigenvalue weighted by Crippen LogP contribution is 2.21. The average molecular weight is 310 g/mol. The van der Waals surface area contributed by atoms with E-state index in [1.165, 1.54) is 0 Å². The lowest BCUT2D eigenvalue weighted by molar-refractivity contribution is 0.224. The molecule has 5 heteroatoms. The second-order valence-electron chi connectivity index (χ2n) is 5.41. The van der Waals surface area contributed by atoms with Crippen LogP contribution in [0.5, 0.6) is 0 Å². The van der Waals surface area contributed by atoms with Crippen LogP contribution < -0.4 is 10.6 Å². The van der Waals surface area contributed by atoms with Gasteiger partial charge in [-0.1, -0.05) is 44.2 Å². The van der Waals surface area contributed by atoms with Gasteiger partial charge >= 0.3 is 6.03 Å². The van der Waals surface area contributed by atoms with E-state index in [0.29, 0.717) is 12.3 Å². The molecule has 1 aromatic rings. The smallest absolute Gasteiger partial charge is 0.315 e. The molecule has 0 heterocycles. The molecular weight excluding hydrogens is 284 g/mol. The Labute approximate surface area is 131 Å². The number of aliphatic hydroxyl groups excluding tert-OH is 1. The molecule has 4 nitrogen and oxygen atoms in total. The zero-order valence-corrected chi connectivity index (χ0v) is 13.8. The lowest BCUT2D eigenvalue weighted by Crippen LogP contribution is -2.45. The first-order valence-corrected chi connectivity index (χ1v) is 8.69. The minimum absolute atomic E-state index is 0.00594. The number of nitrogens with one attached hydrogen (secondary N) is 2. The molecule has 1 rings (SSSR count). The summed E-state index contributed by atoms with van der Waals surface area (Å²) in [6.07, 6.45) is 2.57. The van der Waals surface area contributed by atoms with Crippen LogP contribution in [0.25, 0.3) is 0 Å². The number of hydrogen-bond donors (Lipinski definition) is 3. The topological polar surface area (TPSA) is 61.4 Å². The number of urea groups is 1. The zero-order chi connectivity index (χ0) is 15.7. The third-order valence-corrected chi connectivity index (χ3v) is 4.03. The summed E-state index contributed by atoms with van der Waals surface area (Å²) in [4.78, 5) is 12.2. The van der Waals surface area contributed by atoms with Crippen molar-refractivity contribution in [3.8, 4) is 0 Å². The Morgan fingerprint density at radius 2 is 1.90 bits per heavy atom. The Morgan fingerprint density at radius 1 is 1.24 bits per heavy atom. The van der Waals surface area contributed by atoms with Crippen LogP contribution in [0.1, 0.15) is 31.9 Å². The second kappa shape index (κ2) is 9.68. The lowest BCUT2D eigenvalue weighted by atomic mass is 9.96. The van der Waals surface area contributed by atoms with E-state index in [2.05, 4.69) is 24.5 Å². The maximum absolute atomic E-state index is 12.2. The summed E-state index contributed by atoms with van der Waals surface area (Å²) in [5, 5.41) is 15.0. The molecule has 2 atom stereocenters. The molecule has 1 aromatic carbocycles. The van der Waals surface area contributed by atoms with E-state index in [4.69, 9.17) is 5.11 Å². The SMILES string of the molecule is CSCC(CCO)NC(=O)NC(c1ccccc1)C(C)C. The van der Waals surface area contributed by atoms with Crippen molar-refractivity contribution in [2.45, 2.75) is 32.4 Å². The van der Waals surface area contributed by atoms with E-state index < -0.39 is 0 Å². The van der Waals surface area contributed by atoms with Crippen molar-refractivity contribution in [2.24, 2.45) is 5.92 Å². The molecule has 3 N–H and O–H groups in total. The summed E-state index contributed by atoms with van der Waals surface area (Å²) in [7, 11) is 0. The van der Waals surface area contributed by atoms with Crippen LogP contribution in [-0.2, 0) is 0 Å². The summed E-state index contributed by atoms with van der Waals surface area (Å²) in [5.41, 5.74) is 1.10. The van der Waals surface area contributed by atoms with E-state index >= 15 is 0 Å². The number of aliphatic hydroxyl groups is 1. The van der Waals surface area contributed by atoms with Gasteiger partial charge in [0.25, 0.3) is 0 Å². The number of hydrogen-bond acceptors (Lipinski definition) is 3. The van der Waals surface area contributed by atoms with Crippen molar-refractivity contribution < 1.29 is 9.90 Å². The van der Waals surface area contributed by atoms with Crippen molar-refractivity contribution in [2.75, 3.05) is 18.6 Å². The van der Waals surface area contributed by atoms with Crippen LogP contribution in [0.2, 0.25) is 0 Å². The highest BCUT2D eigenvalue weighted by Gasteiger charge is 2.19. The summed E-state index contributed by atoms with van der Waals surface area (Å²) in [5.74, 6) is 1.10. The molecular formula is C16H26N2O2S. The lowest BCUT2D eigenvalue weighted by Gasteiger charge is -2.25. The first-order valence-electron chi connectivity index (χ1n) is 7.30. The van der Waals surface area contributed by atoms with Crippen molar-refractivity contribution in [3.63, 3.8) is 0 Å². The standard InChI is InChI=1S/C16H26N2O2S/c1-12(2)15(13-7-5-4-6-8-13)18-16(20)17-14(9-10-19)11-21-3/h4-8,12,14-15,19H,9-11H2,1-3H3,(H2,17,18,20). The quantitative estimate of drug-likeness (QED) is 0.692. The Balaban J connectivity index is 2.64. The van der Waals surface area contributed by atoms with Crippen LogP contribution >= 0.6 is 11.8 Å². The van der Waals surface area contributed by atoms with Crippen molar-refractivity contribution in [3.05, 3.63) is 35.9 Å². The van der Waals surface area contributed by atoms with Crippen molar-refractivity contribution in [1.82, 2.24) is 10.6 Å². The van der Waals surface area contributed by atoms with Gasteiger partial charge in [0.1, 0.15) is 0 Å². The maximum atomic E-state index is 12.2. The third kappa shape index (κ3) is 6.40. The fourth-order valence-corrected chi connectivity index (χ4v) is 2.87. The predicted molar refractivity (Wildman–Crippen MR) is 89.6 cm³/mol. The van der Waals surface area contributed by atoms with Gasteiger partial charge in [0, 0.05) is 18.4 Å². The number of amides is 2. The predicted octanol–water partition coefficient (Wildman–Crippen LogP) is 2.80. The monoisotopic (exact) mass is 310 g/mol. The fourth-order valence-electron chi connectivity index (χ4n) is 2.22. The molecule has 0 aromatic heterocycles. The van der Waals surface area contributed by atoms with Gasteiger partial charge in [-0.05, 0) is 24.2 Å². The molecule has 0 radical (unpaired) electrons. The number of carbonyl (C=O) groups excluding carboxylic acids is 1. The Bertz CT molecular complexity index is 406. The highest BCUT2D eigenvalue weighted by atomic mass is 32.2. The van der Waals surface area contributed by atoms with Crippen LogP contribution in [0, 0.1) is 5.92 Å². The second-order valence-corrected chi connectivity index (χ2v) is 6.33. The normalized spacial score (nSPS) is 13.8. The molecule has 0 spiro atoms. The van der Waals surface area contributed by atoms with Gasteiger partial charge in [0.15, 0.2) is 0 Å². The molecule has 2 amide bonds. The Kier molecular flexibility index (Phi) is 8.23. The summed E-state index contributed by atoms with van der Waals surface area (Å²) in [6.45, 7) is 4.26. The molecule has 0 aliphatic carbocycles. The van der Waals surface area contributed by atoms with Crippen LogP contribution in [0.15, 0.2) is 30.3 Å². The average Bonchev–Trinajstić information content (AvgIpc) is 2.46. The number of benzene rings is 1. The summed E-state index contributed by atoms with van der Waals surface area (Å²) < 4.78 is 0. The van der Waals surface area contributed by atoms with E-state index in [1.54, 1.807) is 11.8 Å². The van der Waals surface area contributed by atoms with Crippen molar-refractivity contribution >= 4 is 17.8 Å². The fraction of sp³-hybridized carbons (Fsp3) is 0.562. The first kappa shape index (κ1) is 17.9. The molecule has 0 saturated carbocycles. The van der Waals surface area contributed by atoms with E-state index in [-0.39, 0.29) is 24.7 Å².